The third kappa shape index (κ3) is 4.25. The molecule has 2 N–H and O–H groups in total. The molecule has 24 heavy (non-hydrogen) atoms. The van der Waals surface area contributed by atoms with Gasteiger partial charge in [0, 0.05) is 0 Å². The van der Waals surface area contributed by atoms with Crippen molar-refractivity contribution < 1.29 is 38.6 Å². The summed E-state index contributed by atoms with van der Waals surface area (Å²) in [6, 6.07) is 0. The molecule has 0 aromatic rings. The van der Waals surface area contributed by atoms with E-state index in [2.05, 4.69) is 0 Å². The van der Waals surface area contributed by atoms with Gasteiger partial charge in [0.05, 0.1) is 65.1 Å². The highest BCUT2D eigenvalue weighted by Crippen LogP contribution is 2.37. The van der Waals surface area contributed by atoms with Crippen LogP contribution in [0.15, 0.2) is 0 Å². The SMILES string of the molecule is OC(CCC(O)C1(COCC2CO2)CO1)C1(COCC2CO2)CO1. The van der Waals surface area contributed by atoms with E-state index in [4.69, 9.17) is 28.4 Å². The van der Waals surface area contributed by atoms with Crippen molar-refractivity contribution in [3.8, 4) is 0 Å². The van der Waals surface area contributed by atoms with Crippen LogP contribution in [0.2, 0.25) is 0 Å². The van der Waals surface area contributed by atoms with Gasteiger partial charge in [0.25, 0.3) is 0 Å². The average Bonchev–Trinajstić information content (AvgIpc) is 3.44. The molecule has 0 bridgehead atoms. The van der Waals surface area contributed by atoms with Crippen molar-refractivity contribution in [3.63, 3.8) is 0 Å². The van der Waals surface area contributed by atoms with E-state index >= 15 is 0 Å². The maximum atomic E-state index is 10.4. The molecule has 6 unspecified atom stereocenters. The highest BCUT2D eigenvalue weighted by molar-refractivity contribution is 5.02. The summed E-state index contributed by atoms with van der Waals surface area (Å²) in [6.45, 7) is 4.27. The highest BCUT2D eigenvalue weighted by Gasteiger charge is 2.54. The van der Waals surface area contributed by atoms with E-state index in [0.717, 1.165) is 13.2 Å². The van der Waals surface area contributed by atoms with Gasteiger partial charge in [-0.25, -0.2) is 0 Å². The Morgan fingerprint density at radius 2 is 1.21 bits per heavy atom. The van der Waals surface area contributed by atoms with E-state index in [0.29, 0.717) is 52.5 Å². The van der Waals surface area contributed by atoms with Crippen LogP contribution in [0.1, 0.15) is 12.8 Å². The summed E-state index contributed by atoms with van der Waals surface area (Å²) in [5, 5.41) is 20.8. The first-order chi connectivity index (χ1) is 11.6. The standard InChI is InChI=1S/C16H26O8/c17-13(15(9-23-15)7-19-3-11-5-21-11)1-2-14(18)16(10-24-16)8-20-4-12-6-22-12/h11-14,17-18H,1-10H2. The second-order valence-corrected chi connectivity index (χ2v) is 7.26. The molecule has 0 amide bonds. The summed E-state index contributed by atoms with van der Waals surface area (Å²) in [7, 11) is 0. The van der Waals surface area contributed by atoms with E-state index in [-0.39, 0.29) is 12.2 Å². The Bertz CT molecular complexity index is 388. The predicted molar refractivity (Wildman–Crippen MR) is 79.7 cm³/mol. The largest absolute Gasteiger partial charge is 0.390 e. The molecule has 138 valence electrons. The minimum atomic E-state index is -0.663. The molecule has 4 heterocycles. The monoisotopic (exact) mass is 346 g/mol. The van der Waals surface area contributed by atoms with Crippen LogP contribution < -0.4 is 0 Å². The summed E-state index contributed by atoms with van der Waals surface area (Å²) in [5.41, 5.74) is -1.24. The number of aliphatic hydroxyl groups excluding tert-OH is 2. The normalized spacial score (nSPS) is 41.8. The van der Waals surface area contributed by atoms with Crippen molar-refractivity contribution in [2.45, 2.75) is 48.5 Å². The molecule has 0 aromatic carbocycles. The van der Waals surface area contributed by atoms with E-state index in [1.54, 1.807) is 0 Å². The minimum absolute atomic E-state index is 0.202. The van der Waals surface area contributed by atoms with E-state index in [1.807, 2.05) is 0 Å². The van der Waals surface area contributed by atoms with Gasteiger partial charge in [-0.3, -0.25) is 0 Å². The second-order valence-electron chi connectivity index (χ2n) is 7.26. The summed E-state index contributed by atoms with van der Waals surface area (Å²) in [4.78, 5) is 0. The fraction of sp³-hybridized carbons (Fsp3) is 1.00. The number of rotatable bonds is 13. The molecule has 4 rings (SSSR count). The number of epoxide rings is 4. The number of ether oxygens (including phenoxy) is 6. The summed E-state index contributed by atoms with van der Waals surface area (Å²) < 4.78 is 32.1. The minimum Gasteiger partial charge on any atom is -0.390 e. The molecular formula is C16H26O8. The summed E-state index contributed by atoms with van der Waals surface area (Å²) in [5.74, 6) is 0. The predicted octanol–water partition coefficient (Wildman–Crippen LogP) is -1.14. The Hall–Kier alpha value is -0.320. The number of aliphatic hydroxyl groups is 2. The Morgan fingerprint density at radius 1 is 0.833 bits per heavy atom. The van der Waals surface area contributed by atoms with Gasteiger partial charge in [-0.15, -0.1) is 0 Å². The molecule has 4 fully saturated rings. The number of hydrogen-bond acceptors (Lipinski definition) is 8. The van der Waals surface area contributed by atoms with Crippen molar-refractivity contribution in [3.05, 3.63) is 0 Å². The van der Waals surface area contributed by atoms with Crippen molar-refractivity contribution in [2.24, 2.45) is 0 Å². The first-order valence-corrected chi connectivity index (χ1v) is 8.65. The zero-order valence-corrected chi connectivity index (χ0v) is 13.7. The lowest BCUT2D eigenvalue weighted by atomic mass is 9.94. The maximum Gasteiger partial charge on any atom is 0.140 e. The smallest absolute Gasteiger partial charge is 0.140 e. The lowest BCUT2D eigenvalue weighted by Gasteiger charge is -2.23. The lowest BCUT2D eigenvalue weighted by Crippen LogP contribution is -2.39. The lowest BCUT2D eigenvalue weighted by molar-refractivity contribution is -0.0269. The van der Waals surface area contributed by atoms with Crippen LogP contribution in [0, 0.1) is 0 Å². The van der Waals surface area contributed by atoms with E-state index in [9.17, 15) is 10.2 Å². The van der Waals surface area contributed by atoms with Gasteiger partial charge < -0.3 is 38.6 Å². The van der Waals surface area contributed by atoms with E-state index in [1.165, 1.54) is 0 Å². The van der Waals surface area contributed by atoms with Crippen LogP contribution >= 0.6 is 0 Å². The molecule has 6 atom stereocenters. The Morgan fingerprint density at radius 3 is 1.50 bits per heavy atom. The zero-order valence-electron chi connectivity index (χ0n) is 13.7. The van der Waals surface area contributed by atoms with Gasteiger partial charge in [0.2, 0.25) is 0 Å². The highest BCUT2D eigenvalue weighted by atomic mass is 16.6. The first kappa shape index (κ1) is 17.1. The Kier molecular flexibility index (Phi) is 4.83. The topological polar surface area (TPSA) is 109 Å². The van der Waals surface area contributed by atoms with Crippen LogP contribution in [0.5, 0.6) is 0 Å². The molecule has 4 aliphatic heterocycles. The maximum absolute atomic E-state index is 10.4. The van der Waals surface area contributed by atoms with Crippen molar-refractivity contribution in [2.75, 3.05) is 52.9 Å². The molecule has 0 spiro atoms. The van der Waals surface area contributed by atoms with Gasteiger partial charge in [0.15, 0.2) is 0 Å². The van der Waals surface area contributed by atoms with Gasteiger partial charge in [-0.05, 0) is 12.8 Å². The Labute approximate surface area is 140 Å². The molecule has 4 saturated heterocycles. The van der Waals surface area contributed by atoms with Crippen LogP contribution in [-0.2, 0) is 28.4 Å². The molecular weight excluding hydrogens is 320 g/mol. The summed E-state index contributed by atoms with van der Waals surface area (Å²) >= 11 is 0. The molecule has 8 nitrogen and oxygen atoms in total. The number of hydrogen-bond donors (Lipinski definition) is 2. The van der Waals surface area contributed by atoms with Crippen molar-refractivity contribution >= 4 is 0 Å². The molecule has 0 saturated carbocycles. The third-order valence-electron chi connectivity index (χ3n) is 5.06. The fourth-order valence-electron chi connectivity index (χ4n) is 2.83. The molecule has 0 aromatic heterocycles. The first-order valence-electron chi connectivity index (χ1n) is 8.65. The Balaban J connectivity index is 1.15. The molecule has 0 aliphatic carbocycles. The molecule has 4 aliphatic rings. The van der Waals surface area contributed by atoms with Gasteiger partial charge in [0.1, 0.15) is 23.4 Å². The van der Waals surface area contributed by atoms with Crippen LogP contribution in [0.25, 0.3) is 0 Å². The van der Waals surface area contributed by atoms with Crippen molar-refractivity contribution in [1.29, 1.82) is 0 Å². The van der Waals surface area contributed by atoms with Crippen LogP contribution in [0.4, 0.5) is 0 Å². The van der Waals surface area contributed by atoms with Gasteiger partial charge in [-0.1, -0.05) is 0 Å². The van der Waals surface area contributed by atoms with Crippen molar-refractivity contribution in [1.82, 2.24) is 0 Å². The van der Waals surface area contributed by atoms with E-state index < -0.39 is 23.4 Å². The zero-order chi connectivity index (χ0) is 16.6. The van der Waals surface area contributed by atoms with Gasteiger partial charge in [-0.2, -0.15) is 0 Å². The third-order valence-corrected chi connectivity index (χ3v) is 5.06. The van der Waals surface area contributed by atoms with Gasteiger partial charge >= 0.3 is 0 Å². The fourth-order valence-corrected chi connectivity index (χ4v) is 2.83. The second kappa shape index (κ2) is 6.77. The van der Waals surface area contributed by atoms with Crippen LogP contribution in [0.3, 0.4) is 0 Å². The quantitative estimate of drug-likeness (QED) is 0.403. The summed E-state index contributed by atoms with van der Waals surface area (Å²) in [6.07, 6.45) is -0.0594. The molecule has 8 heteroatoms. The molecule has 0 radical (unpaired) electrons. The van der Waals surface area contributed by atoms with Crippen LogP contribution in [-0.4, -0.2) is 98.7 Å². The average molecular weight is 346 g/mol.